The van der Waals surface area contributed by atoms with Gasteiger partial charge in [0.1, 0.15) is 24.5 Å². The monoisotopic (exact) mass is 451 g/mol. The maximum absolute atomic E-state index is 13.3. The Bertz CT molecular complexity index is 832. The molecule has 3 N–H and O–H groups in total. The molecule has 0 bridgehead atoms. The third-order valence-electron chi connectivity index (χ3n) is 5.06. The molecule has 1 aromatic carbocycles. The molecule has 1 heterocycles. The van der Waals surface area contributed by atoms with Crippen molar-refractivity contribution < 1.29 is 33.0 Å². The number of nitrogens with one attached hydrogen (secondary N) is 3. The molecule has 10 heteroatoms. The smallest absolute Gasteiger partial charge is 0.408 e. The predicted octanol–water partition coefficient (Wildman–Crippen LogP) is 1.65. The van der Waals surface area contributed by atoms with Crippen LogP contribution >= 0.6 is 0 Å². The first-order valence-electron chi connectivity index (χ1n) is 10.5. The van der Waals surface area contributed by atoms with Gasteiger partial charge in [0, 0.05) is 12.5 Å². The largest absolute Gasteiger partial charge is 0.467 e. The minimum absolute atomic E-state index is 0.0476. The quantitative estimate of drug-likeness (QED) is 0.465. The van der Waals surface area contributed by atoms with E-state index in [1.54, 1.807) is 6.07 Å². The number of methoxy groups -OCH3 is 1. The molecular weight excluding hydrogens is 421 g/mol. The minimum atomic E-state index is -1.03. The summed E-state index contributed by atoms with van der Waals surface area (Å²) in [6.45, 7) is 4.10. The molecule has 9 nitrogen and oxygen atoms in total. The number of alkyl carbamates (subject to hydrolysis) is 1. The zero-order valence-electron chi connectivity index (χ0n) is 18.5. The van der Waals surface area contributed by atoms with Gasteiger partial charge in [0.15, 0.2) is 0 Å². The van der Waals surface area contributed by atoms with Crippen molar-refractivity contribution in [1.82, 2.24) is 16.0 Å². The van der Waals surface area contributed by atoms with E-state index in [1.165, 1.54) is 25.3 Å². The van der Waals surface area contributed by atoms with Crippen LogP contribution in [0.25, 0.3) is 0 Å². The lowest BCUT2D eigenvalue weighted by Crippen LogP contribution is -2.53. The van der Waals surface area contributed by atoms with Crippen molar-refractivity contribution in [3.8, 4) is 0 Å². The van der Waals surface area contributed by atoms with E-state index in [0.29, 0.717) is 24.9 Å². The van der Waals surface area contributed by atoms with Crippen LogP contribution in [-0.4, -0.2) is 49.6 Å². The zero-order valence-corrected chi connectivity index (χ0v) is 18.5. The highest BCUT2D eigenvalue weighted by Crippen LogP contribution is 2.17. The van der Waals surface area contributed by atoms with E-state index in [-0.39, 0.29) is 24.9 Å². The molecule has 0 spiro atoms. The van der Waals surface area contributed by atoms with Crippen LogP contribution in [0.4, 0.5) is 9.18 Å². The van der Waals surface area contributed by atoms with Crippen LogP contribution in [0, 0.1) is 17.7 Å². The fourth-order valence-corrected chi connectivity index (χ4v) is 3.45. The van der Waals surface area contributed by atoms with Crippen LogP contribution in [0.3, 0.4) is 0 Å². The number of ether oxygens (including phenoxy) is 2. The Balaban J connectivity index is 2.00. The molecule has 0 saturated carbocycles. The van der Waals surface area contributed by atoms with E-state index < -0.39 is 41.8 Å². The number of amides is 3. The van der Waals surface area contributed by atoms with Crippen LogP contribution < -0.4 is 16.0 Å². The maximum Gasteiger partial charge on any atom is 0.408 e. The lowest BCUT2D eigenvalue weighted by molar-refractivity contribution is -0.146. The molecule has 176 valence electrons. The third kappa shape index (κ3) is 7.82. The van der Waals surface area contributed by atoms with Crippen LogP contribution in [-0.2, 0) is 30.5 Å². The zero-order chi connectivity index (χ0) is 23.7. The van der Waals surface area contributed by atoms with Crippen LogP contribution in [0.2, 0.25) is 0 Å². The molecule has 2 rings (SSSR count). The first kappa shape index (κ1) is 25.1. The van der Waals surface area contributed by atoms with Gasteiger partial charge in [0.25, 0.3) is 0 Å². The normalized spacial score (nSPS) is 17.3. The summed E-state index contributed by atoms with van der Waals surface area (Å²) in [5, 5.41) is 7.78. The van der Waals surface area contributed by atoms with Crippen molar-refractivity contribution in [3.63, 3.8) is 0 Å². The van der Waals surface area contributed by atoms with Gasteiger partial charge in [-0.1, -0.05) is 26.0 Å². The first-order valence-corrected chi connectivity index (χ1v) is 10.5. The van der Waals surface area contributed by atoms with Gasteiger partial charge >= 0.3 is 12.1 Å². The number of carbonyl (C=O) groups is 4. The second-order valence-corrected chi connectivity index (χ2v) is 8.13. The Morgan fingerprint density at radius 1 is 1.22 bits per heavy atom. The lowest BCUT2D eigenvalue weighted by Gasteiger charge is -2.24. The van der Waals surface area contributed by atoms with Gasteiger partial charge in [-0.3, -0.25) is 9.59 Å². The molecule has 0 aliphatic carbocycles. The van der Waals surface area contributed by atoms with Crippen LogP contribution in [0.5, 0.6) is 0 Å². The standard InChI is InChI=1S/C22H30FN3O6/c1-13(2)9-17(26-22(30)32-12-14-5-4-6-16(23)10-14)20(28)25-18(21(29)31-3)11-15-7-8-24-19(15)27/h4-6,10,13,15,17-18H,7-9,11-12H2,1-3H3,(H,24,27)(H,25,28)(H,26,30)/t15?,17-,18-/m0/s1. The highest BCUT2D eigenvalue weighted by Gasteiger charge is 2.33. The van der Waals surface area contributed by atoms with Gasteiger partial charge in [-0.2, -0.15) is 0 Å². The number of hydrogen-bond acceptors (Lipinski definition) is 6. The van der Waals surface area contributed by atoms with Gasteiger partial charge < -0.3 is 25.4 Å². The summed E-state index contributed by atoms with van der Waals surface area (Å²) in [4.78, 5) is 49.2. The fourth-order valence-electron chi connectivity index (χ4n) is 3.45. The van der Waals surface area contributed by atoms with Gasteiger partial charge in [0.2, 0.25) is 11.8 Å². The Labute approximate surface area is 186 Å². The van der Waals surface area contributed by atoms with E-state index in [4.69, 9.17) is 9.47 Å². The Morgan fingerprint density at radius 3 is 2.56 bits per heavy atom. The summed E-state index contributed by atoms with van der Waals surface area (Å²) >= 11 is 0. The summed E-state index contributed by atoms with van der Waals surface area (Å²) in [6.07, 6.45) is 0.101. The van der Waals surface area contributed by atoms with Crippen molar-refractivity contribution in [1.29, 1.82) is 0 Å². The predicted molar refractivity (Wildman–Crippen MR) is 113 cm³/mol. The summed E-state index contributed by atoms with van der Waals surface area (Å²) in [7, 11) is 1.20. The molecule has 0 radical (unpaired) electrons. The Morgan fingerprint density at radius 2 is 1.97 bits per heavy atom. The fraction of sp³-hybridized carbons (Fsp3) is 0.545. The number of rotatable bonds is 10. The number of hydrogen-bond donors (Lipinski definition) is 3. The van der Waals surface area contributed by atoms with E-state index >= 15 is 0 Å². The molecule has 1 unspecified atom stereocenters. The summed E-state index contributed by atoms with van der Waals surface area (Å²) < 4.78 is 23.1. The van der Waals surface area contributed by atoms with E-state index in [9.17, 15) is 23.6 Å². The van der Waals surface area contributed by atoms with E-state index in [0.717, 1.165) is 0 Å². The summed E-state index contributed by atoms with van der Waals surface area (Å²) in [5.41, 5.74) is 0.464. The van der Waals surface area contributed by atoms with E-state index in [2.05, 4.69) is 16.0 Å². The van der Waals surface area contributed by atoms with Gasteiger partial charge in [-0.25, -0.2) is 14.0 Å². The summed E-state index contributed by atoms with van der Waals surface area (Å²) in [6, 6.07) is 3.62. The molecule has 1 aliphatic rings. The Kier molecular flexibility index (Phi) is 9.42. The second kappa shape index (κ2) is 12.0. The topological polar surface area (TPSA) is 123 Å². The van der Waals surface area contributed by atoms with Crippen LogP contribution in [0.15, 0.2) is 24.3 Å². The molecule has 1 aromatic rings. The molecule has 32 heavy (non-hydrogen) atoms. The molecule has 3 atom stereocenters. The highest BCUT2D eigenvalue weighted by molar-refractivity contribution is 5.90. The lowest BCUT2D eigenvalue weighted by atomic mass is 9.97. The minimum Gasteiger partial charge on any atom is -0.467 e. The third-order valence-corrected chi connectivity index (χ3v) is 5.06. The molecule has 0 aromatic heterocycles. The maximum atomic E-state index is 13.3. The molecular formula is C22H30FN3O6. The summed E-state index contributed by atoms with van der Waals surface area (Å²) in [5.74, 6) is -2.25. The van der Waals surface area contributed by atoms with Gasteiger partial charge in [-0.15, -0.1) is 0 Å². The van der Waals surface area contributed by atoms with Crippen molar-refractivity contribution in [2.24, 2.45) is 11.8 Å². The molecule has 1 saturated heterocycles. The van der Waals surface area contributed by atoms with Crippen molar-refractivity contribution in [2.45, 2.75) is 51.8 Å². The number of esters is 1. The molecule has 1 fully saturated rings. The van der Waals surface area contributed by atoms with Gasteiger partial charge in [0.05, 0.1) is 7.11 Å². The average Bonchev–Trinajstić information content (AvgIpc) is 3.14. The molecule has 1 aliphatic heterocycles. The number of benzene rings is 1. The van der Waals surface area contributed by atoms with Crippen molar-refractivity contribution in [3.05, 3.63) is 35.6 Å². The van der Waals surface area contributed by atoms with Crippen molar-refractivity contribution >= 4 is 23.9 Å². The number of carbonyl (C=O) groups excluding carboxylic acids is 4. The second-order valence-electron chi connectivity index (χ2n) is 8.13. The molecule has 3 amide bonds. The Hall–Kier alpha value is -3.17. The highest BCUT2D eigenvalue weighted by atomic mass is 19.1. The SMILES string of the molecule is COC(=O)[C@H](CC1CCNC1=O)NC(=O)[C@H](CC(C)C)NC(=O)OCc1cccc(F)c1. The average molecular weight is 451 g/mol. The van der Waals surface area contributed by atoms with Crippen LogP contribution in [0.1, 0.15) is 38.7 Å². The first-order chi connectivity index (χ1) is 15.2. The van der Waals surface area contributed by atoms with Gasteiger partial charge in [-0.05, 0) is 42.9 Å². The van der Waals surface area contributed by atoms with E-state index in [1.807, 2.05) is 13.8 Å². The van der Waals surface area contributed by atoms with Crippen molar-refractivity contribution in [2.75, 3.05) is 13.7 Å². The number of halogens is 1.